The van der Waals surface area contributed by atoms with E-state index in [9.17, 15) is 0 Å². The van der Waals surface area contributed by atoms with Gasteiger partial charge in [0, 0.05) is 32.3 Å². The molecule has 2 heteroatoms. The summed E-state index contributed by atoms with van der Waals surface area (Å²) in [7, 11) is 0. The molecule has 1 spiro atoms. The summed E-state index contributed by atoms with van der Waals surface area (Å²) in [5, 5.41) is 9.99. The molecule has 2 nitrogen and oxygen atoms in total. The summed E-state index contributed by atoms with van der Waals surface area (Å²) in [6.07, 6.45) is 8.90. The predicted octanol–water partition coefficient (Wildman–Crippen LogP) is 25.5. The van der Waals surface area contributed by atoms with Crippen molar-refractivity contribution in [2.75, 3.05) is 0 Å². The summed E-state index contributed by atoms with van der Waals surface area (Å²) in [6.45, 7) is 0. The molecule has 2 aliphatic rings. The van der Waals surface area contributed by atoms with Crippen molar-refractivity contribution >= 4 is 89.5 Å². The summed E-state index contributed by atoms with van der Waals surface area (Å²) in [5.41, 5.74) is 31.5. The van der Waals surface area contributed by atoms with Crippen molar-refractivity contribution in [2.45, 2.75) is 5.41 Å². The maximum atomic E-state index is 2.49. The van der Waals surface area contributed by atoms with Crippen LogP contribution in [0.5, 0.6) is 0 Å². The Morgan fingerprint density at radius 3 is 0.889 bits per heavy atom. The van der Waals surface area contributed by atoms with E-state index in [2.05, 4.69) is 385 Å². The summed E-state index contributed by atoms with van der Waals surface area (Å²) in [6, 6.07) is 131. The first-order chi connectivity index (χ1) is 49.1. The maximum Gasteiger partial charge on any atom is 0.0725 e. The van der Waals surface area contributed by atoms with Gasteiger partial charge in [-0.15, -0.1) is 0 Å². The van der Waals surface area contributed by atoms with Crippen LogP contribution in [0.1, 0.15) is 44.5 Å². The molecule has 20 rings (SSSR count). The van der Waals surface area contributed by atoms with Crippen LogP contribution in [-0.2, 0) is 5.41 Å². The largest absolute Gasteiger partial charge is 0.309 e. The Morgan fingerprint density at radius 2 is 0.485 bits per heavy atom. The molecule has 460 valence electrons. The van der Waals surface area contributed by atoms with Crippen LogP contribution < -0.4 is 0 Å². The Hall–Kier alpha value is -12.9. The second-order valence-corrected chi connectivity index (χ2v) is 26.7. The van der Waals surface area contributed by atoms with E-state index in [1.54, 1.807) is 0 Å². The van der Waals surface area contributed by atoms with Crippen LogP contribution in [0.3, 0.4) is 0 Å². The fourth-order valence-corrected chi connectivity index (χ4v) is 16.7. The van der Waals surface area contributed by atoms with Gasteiger partial charge in [-0.2, -0.15) is 0 Å². The lowest BCUT2D eigenvalue weighted by Crippen LogP contribution is -2.26. The lowest BCUT2D eigenvalue weighted by molar-refractivity contribution is 0.794. The standard InChI is InChI=1S/C97H62N2/c1-3-19-77-71(15-1)17-13-29-91(77)98-93-27-11-7-23-83(93)85-59-73(53-57-95(85)98)67-43-35-63(36-44-67)31-33-65-39-47-69(48-40-65)75-51-55-81-82-56-52-76(62-90(82)97(89(81)61-75)87-25-9-5-21-79(87)80-22-6-10-26-88(80)97)70-49-41-66(42-50-70)34-32-64-37-45-68(46-38-64)74-54-58-96-86(60-74)84-24-8-12-28-94(84)99(96)92-30-14-18-72-16-2-4-20-78(72)92/h1-62H. The smallest absolute Gasteiger partial charge is 0.0725 e. The van der Waals surface area contributed by atoms with Gasteiger partial charge in [0.15, 0.2) is 0 Å². The number of rotatable bonds is 10. The Bertz CT molecular complexity index is 5970. The number of para-hydroxylation sites is 2. The minimum absolute atomic E-state index is 0.489. The molecule has 0 fully saturated rings. The molecule has 0 saturated heterocycles. The Labute approximate surface area is 574 Å². The third-order valence-electron chi connectivity index (χ3n) is 21.4. The van der Waals surface area contributed by atoms with Crippen molar-refractivity contribution in [3.63, 3.8) is 0 Å². The highest BCUT2D eigenvalue weighted by Gasteiger charge is 2.52. The molecule has 0 bridgehead atoms. The molecular weight excluding hydrogens is 1190 g/mol. The van der Waals surface area contributed by atoms with Gasteiger partial charge in [-0.05, 0) is 183 Å². The molecular formula is C97H62N2. The lowest BCUT2D eigenvalue weighted by Gasteiger charge is -2.31. The predicted molar refractivity (Wildman–Crippen MR) is 419 cm³/mol. The van der Waals surface area contributed by atoms with Gasteiger partial charge in [0.05, 0.1) is 38.9 Å². The summed E-state index contributed by atoms with van der Waals surface area (Å²) < 4.78 is 4.85. The molecule has 2 aromatic heterocycles. The Morgan fingerprint density at radius 1 is 0.192 bits per heavy atom. The van der Waals surface area contributed by atoms with Crippen molar-refractivity contribution in [1.82, 2.24) is 9.13 Å². The van der Waals surface area contributed by atoms with Gasteiger partial charge in [-0.1, -0.05) is 315 Å². The number of hydrogen-bond donors (Lipinski definition) is 0. The zero-order valence-corrected chi connectivity index (χ0v) is 54.2. The number of aromatic nitrogens is 2. The third kappa shape index (κ3) is 9.04. The zero-order chi connectivity index (χ0) is 65.1. The second-order valence-electron chi connectivity index (χ2n) is 26.7. The topological polar surface area (TPSA) is 9.86 Å². The average molecular weight is 1260 g/mol. The minimum Gasteiger partial charge on any atom is -0.309 e. The van der Waals surface area contributed by atoms with Gasteiger partial charge in [0.2, 0.25) is 0 Å². The number of hydrogen-bond acceptors (Lipinski definition) is 0. The monoisotopic (exact) mass is 1250 g/mol. The van der Waals surface area contributed by atoms with Crippen molar-refractivity contribution in [3.8, 4) is 78.1 Å². The fraction of sp³-hybridized carbons (Fsp3) is 0.0103. The van der Waals surface area contributed by atoms with Crippen LogP contribution in [0.15, 0.2) is 352 Å². The molecule has 0 atom stereocenters. The van der Waals surface area contributed by atoms with Gasteiger partial charge in [0.1, 0.15) is 0 Å². The number of benzene rings is 16. The molecule has 0 unspecified atom stereocenters. The third-order valence-corrected chi connectivity index (χ3v) is 21.4. The van der Waals surface area contributed by atoms with E-state index in [1.165, 1.54) is 166 Å². The molecule has 0 aliphatic heterocycles. The SMILES string of the molecule is C(=Cc1ccc(-c2ccc3c(c2)c2ccccc2n3-c2cccc3ccccc23)cc1)c1ccc(-c2ccc3c(c2)C2(c4ccccc4-c4ccccc42)c2cc(-c4ccc(C=Cc5ccc(-c6ccc7c(c6)c6ccccc6n7-c6cccc7ccccc67)cc5)cc4)ccc2-3)cc1. The molecule has 0 saturated carbocycles. The first kappa shape index (κ1) is 56.5. The summed E-state index contributed by atoms with van der Waals surface area (Å²) >= 11 is 0. The maximum absolute atomic E-state index is 2.49. The van der Waals surface area contributed by atoms with E-state index in [0.717, 1.165) is 22.3 Å². The molecule has 16 aromatic carbocycles. The molecule has 0 radical (unpaired) electrons. The minimum atomic E-state index is -0.489. The Balaban J connectivity index is 0.560. The fourth-order valence-electron chi connectivity index (χ4n) is 16.7. The first-order valence-corrected chi connectivity index (χ1v) is 34.4. The highest BCUT2D eigenvalue weighted by Crippen LogP contribution is 2.63. The molecule has 99 heavy (non-hydrogen) atoms. The zero-order valence-electron chi connectivity index (χ0n) is 54.2. The highest BCUT2D eigenvalue weighted by molar-refractivity contribution is 6.13. The highest BCUT2D eigenvalue weighted by atomic mass is 15.0. The van der Waals surface area contributed by atoms with Crippen LogP contribution in [0.25, 0.3) is 168 Å². The van der Waals surface area contributed by atoms with Gasteiger partial charge >= 0.3 is 0 Å². The molecule has 2 aliphatic carbocycles. The number of nitrogens with zero attached hydrogens (tertiary/aromatic N) is 2. The van der Waals surface area contributed by atoms with E-state index >= 15 is 0 Å². The summed E-state index contributed by atoms with van der Waals surface area (Å²) in [5.74, 6) is 0. The second kappa shape index (κ2) is 22.6. The molecule has 0 N–H and O–H groups in total. The van der Waals surface area contributed by atoms with Gasteiger partial charge < -0.3 is 9.13 Å². The van der Waals surface area contributed by atoms with E-state index in [-0.39, 0.29) is 0 Å². The van der Waals surface area contributed by atoms with Crippen molar-refractivity contribution < 1.29 is 0 Å². The van der Waals surface area contributed by atoms with Crippen molar-refractivity contribution in [3.05, 3.63) is 396 Å². The van der Waals surface area contributed by atoms with Crippen molar-refractivity contribution in [1.29, 1.82) is 0 Å². The van der Waals surface area contributed by atoms with E-state index in [1.807, 2.05) is 0 Å². The van der Waals surface area contributed by atoms with Gasteiger partial charge in [-0.25, -0.2) is 0 Å². The normalized spacial score (nSPS) is 12.8. The Kier molecular flexibility index (Phi) is 12.9. The first-order valence-electron chi connectivity index (χ1n) is 34.4. The summed E-state index contributed by atoms with van der Waals surface area (Å²) in [4.78, 5) is 0. The lowest BCUT2D eigenvalue weighted by atomic mass is 9.70. The number of fused-ring (bicyclic) bond motifs is 18. The van der Waals surface area contributed by atoms with Crippen LogP contribution in [-0.4, -0.2) is 9.13 Å². The van der Waals surface area contributed by atoms with Gasteiger partial charge in [0.25, 0.3) is 0 Å². The molecule has 0 amide bonds. The quantitative estimate of drug-likeness (QED) is 0.121. The van der Waals surface area contributed by atoms with E-state index in [4.69, 9.17) is 0 Å². The van der Waals surface area contributed by atoms with Crippen LogP contribution in [0, 0.1) is 0 Å². The van der Waals surface area contributed by atoms with Crippen LogP contribution in [0.4, 0.5) is 0 Å². The van der Waals surface area contributed by atoms with Crippen LogP contribution >= 0.6 is 0 Å². The van der Waals surface area contributed by atoms with Gasteiger partial charge in [-0.3, -0.25) is 0 Å². The van der Waals surface area contributed by atoms with Crippen molar-refractivity contribution in [2.24, 2.45) is 0 Å². The van der Waals surface area contributed by atoms with Crippen LogP contribution in [0.2, 0.25) is 0 Å². The molecule has 18 aromatic rings. The van der Waals surface area contributed by atoms with E-state index in [0.29, 0.717) is 0 Å². The van der Waals surface area contributed by atoms with E-state index < -0.39 is 5.41 Å². The molecule has 2 heterocycles. The average Bonchev–Trinajstić information content (AvgIpc) is 1.51.